The van der Waals surface area contributed by atoms with E-state index in [1.807, 2.05) is 6.92 Å². The van der Waals surface area contributed by atoms with Gasteiger partial charge in [-0.05, 0) is 18.1 Å². The normalized spacial score (nSPS) is 12.5. The molecule has 4 nitrogen and oxygen atoms in total. The lowest BCUT2D eigenvalue weighted by atomic mass is 10.1. The Hall–Kier alpha value is -1.42. The molecule has 0 aliphatic rings. The molecule has 0 bridgehead atoms. The molecule has 0 radical (unpaired) electrons. The van der Waals surface area contributed by atoms with Crippen LogP contribution in [0.25, 0.3) is 0 Å². The quantitative estimate of drug-likeness (QED) is 0.732. The molecule has 1 aromatic heterocycles. The van der Waals surface area contributed by atoms with E-state index < -0.39 is 5.97 Å². The lowest BCUT2D eigenvalue weighted by molar-refractivity contribution is 0.0690. The van der Waals surface area contributed by atoms with E-state index in [0.717, 1.165) is 12.0 Å². The van der Waals surface area contributed by atoms with Crippen LogP contribution in [-0.2, 0) is 0 Å². The molecule has 1 aromatic rings. The van der Waals surface area contributed by atoms with E-state index >= 15 is 0 Å². The number of hydrogen-bond donors (Lipinski definition) is 2. The van der Waals surface area contributed by atoms with Gasteiger partial charge in [-0.1, -0.05) is 13.0 Å². The Morgan fingerprint density at radius 3 is 2.77 bits per heavy atom. The molecule has 0 fully saturated rings. The number of carboxylic acid groups (broad SMARTS) is 1. The molecule has 0 spiro atoms. The highest BCUT2D eigenvalue weighted by Crippen LogP contribution is 2.12. The zero-order chi connectivity index (χ0) is 9.84. The summed E-state index contributed by atoms with van der Waals surface area (Å²) >= 11 is 0. The zero-order valence-corrected chi connectivity index (χ0v) is 7.40. The number of aromatic carboxylic acids is 1. The van der Waals surface area contributed by atoms with Crippen molar-refractivity contribution in [2.75, 3.05) is 0 Å². The fraction of sp³-hybridized carbons (Fsp3) is 0.333. The van der Waals surface area contributed by atoms with Crippen molar-refractivity contribution in [2.45, 2.75) is 19.4 Å². The Bertz CT molecular complexity index is 295. The number of nitrogens with zero attached hydrogens (tertiary/aromatic N) is 1. The minimum Gasteiger partial charge on any atom is -0.477 e. The molecule has 0 aliphatic carbocycles. The van der Waals surface area contributed by atoms with Crippen LogP contribution in [0.15, 0.2) is 18.3 Å². The van der Waals surface area contributed by atoms with Crippen molar-refractivity contribution in [3.63, 3.8) is 0 Å². The predicted octanol–water partition coefficient (Wildman–Crippen LogP) is 1.19. The van der Waals surface area contributed by atoms with Crippen molar-refractivity contribution in [1.29, 1.82) is 0 Å². The van der Waals surface area contributed by atoms with Crippen LogP contribution in [0.1, 0.15) is 35.4 Å². The molecule has 4 heteroatoms. The van der Waals surface area contributed by atoms with Gasteiger partial charge in [0.05, 0.1) is 0 Å². The average Bonchev–Trinajstić information content (AvgIpc) is 2.17. The third-order valence-electron chi connectivity index (χ3n) is 1.87. The van der Waals surface area contributed by atoms with Gasteiger partial charge in [-0.2, -0.15) is 0 Å². The van der Waals surface area contributed by atoms with Gasteiger partial charge in [0.1, 0.15) is 5.69 Å². The summed E-state index contributed by atoms with van der Waals surface area (Å²) in [6.07, 6.45) is 2.33. The number of carboxylic acids is 1. The summed E-state index contributed by atoms with van der Waals surface area (Å²) in [7, 11) is 0. The van der Waals surface area contributed by atoms with Crippen LogP contribution in [-0.4, -0.2) is 16.1 Å². The van der Waals surface area contributed by atoms with Gasteiger partial charge in [-0.3, -0.25) is 0 Å². The summed E-state index contributed by atoms with van der Waals surface area (Å²) in [6, 6.07) is 3.10. The molecule has 0 amide bonds. The molecule has 70 valence electrons. The second-order valence-electron chi connectivity index (χ2n) is 2.80. The SMILES string of the molecule is CCC(N)c1ccc(C(=O)O)nc1. The highest BCUT2D eigenvalue weighted by molar-refractivity contribution is 5.85. The first-order valence-corrected chi connectivity index (χ1v) is 4.10. The topological polar surface area (TPSA) is 76.2 Å². The largest absolute Gasteiger partial charge is 0.477 e. The number of nitrogens with two attached hydrogens (primary N) is 1. The van der Waals surface area contributed by atoms with Crippen LogP contribution >= 0.6 is 0 Å². The molecular formula is C9H12N2O2. The van der Waals surface area contributed by atoms with Crippen molar-refractivity contribution in [1.82, 2.24) is 4.98 Å². The number of aromatic nitrogens is 1. The second kappa shape index (κ2) is 4.00. The van der Waals surface area contributed by atoms with Gasteiger partial charge in [0.15, 0.2) is 0 Å². The van der Waals surface area contributed by atoms with Gasteiger partial charge in [-0.15, -0.1) is 0 Å². The van der Waals surface area contributed by atoms with Crippen LogP contribution in [0.4, 0.5) is 0 Å². The lowest BCUT2D eigenvalue weighted by Crippen LogP contribution is -2.10. The smallest absolute Gasteiger partial charge is 0.354 e. The van der Waals surface area contributed by atoms with Crippen LogP contribution < -0.4 is 5.73 Å². The maximum atomic E-state index is 10.5. The molecule has 1 atom stereocenters. The highest BCUT2D eigenvalue weighted by Gasteiger charge is 2.06. The summed E-state index contributed by atoms with van der Waals surface area (Å²) in [6.45, 7) is 1.97. The van der Waals surface area contributed by atoms with E-state index in [-0.39, 0.29) is 11.7 Å². The van der Waals surface area contributed by atoms with Crippen LogP contribution in [0, 0.1) is 0 Å². The molecule has 0 aromatic carbocycles. The zero-order valence-electron chi connectivity index (χ0n) is 7.40. The fourth-order valence-corrected chi connectivity index (χ4v) is 0.987. The Morgan fingerprint density at radius 1 is 1.69 bits per heavy atom. The Kier molecular flexibility index (Phi) is 2.97. The highest BCUT2D eigenvalue weighted by atomic mass is 16.4. The standard InChI is InChI=1S/C9H12N2O2/c1-2-7(10)6-3-4-8(9(12)13)11-5-6/h3-5,7H,2,10H2,1H3,(H,12,13). The van der Waals surface area contributed by atoms with Gasteiger partial charge in [-0.25, -0.2) is 9.78 Å². The van der Waals surface area contributed by atoms with Gasteiger partial charge in [0.25, 0.3) is 0 Å². The van der Waals surface area contributed by atoms with Gasteiger partial charge in [0, 0.05) is 12.2 Å². The first-order valence-electron chi connectivity index (χ1n) is 4.10. The molecule has 1 heterocycles. The fourth-order valence-electron chi connectivity index (χ4n) is 0.987. The molecule has 1 rings (SSSR count). The monoisotopic (exact) mass is 180 g/mol. The maximum Gasteiger partial charge on any atom is 0.354 e. The minimum absolute atomic E-state index is 0.0482. The molecule has 0 aliphatic heterocycles. The third kappa shape index (κ3) is 2.26. The van der Waals surface area contributed by atoms with Crippen molar-refractivity contribution in [3.8, 4) is 0 Å². The van der Waals surface area contributed by atoms with E-state index in [4.69, 9.17) is 10.8 Å². The first-order chi connectivity index (χ1) is 6.15. The number of rotatable bonds is 3. The summed E-state index contributed by atoms with van der Waals surface area (Å²) in [5.41, 5.74) is 6.65. The second-order valence-corrected chi connectivity index (χ2v) is 2.80. The van der Waals surface area contributed by atoms with Crippen LogP contribution in [0.3, 0.4) is 0 Å². The van der Waals surface area contributed by atoms with E-state index in [1.54, 1.807) is 6.07 Å². The maximum absolute atomic E-state index is 10.5. The van der Waals surface area contributed by atoms with Gasteiger partial charge < -0.3 is 10.8 Å². The number of carbonyl (C=O) groups is 1. The Balaban J connectivity index is 2.87. The Labute approximate surface area is 76.4 Å². The molecule has 1 unspecified atom stereocenters. The molecule has 13 heavy (non-hydrogen) atoms. The first kappa shape index (κ1) is 9.67. The van der Waals surface area contributed by atoms with Gasteiger partial charge >= 0.3 is 5.97 Å². The van der Waals surface area contributed by atoms with E-state index in [0.29, 0.717) is 0 Å². The number of hydrogen-bond acceptors (Lipinski definition) is 3. The van der Waals surface area contributed by atoms with Crippen molar-refractivity contribution >= 4 is 5.97 Å². The summed E-state index contributed by atoms with van der Waals surface area (Å²) in [4.78, 5) is 14.2. The van der Waals surface area contributed by atoms with Crippen LogP contribution in [0.2, 0.25) is 0 Å². The van der Waals surface area contributed by atoms with E-state index in [1.165, 1.54) is 12.3 Å². The average molecular weight is 180 g/mol. The molecule has 3 N–H and O–H groups in total. The minimum atomic E-state index is -1.02. The molecule has 0 saturated heterocycles. The summed E-state index contributed by atoms with van der Waals surface area (Å²) < 4.78 is 0. The molecule has 0 saturated carbocycles. The lowest BCUT2D eigenvalue weighted by Gasteiger charge is -2.07. The summed E-state index contributed by atoms with van der Waals surface area (Å²) in [5.74, 6) is -1.02. The van der Waals surface area contributed by atoms with Crippen molar-refractivity contribution < 1.29 is 9.90 Å². The van der Waals surface area contributed by atoms with E-state index in [2.05, 4.69) is 4.98 Å². The van der Waals surface area contributed by atoms with Crippen molar-refractivity contribution in [3.05, 3.63) is 29.6 Å². The van der Waals surface area contributed by atoms with E-state index in [9.17, 15) is 4.79 Å². The third-order valence-corrected chi connectivity index (χ3v) is 1.87. The van der Waals surface area contributed by atoms with Gasteiger partial charge in [0.2, 0.25) is 0 Å². The number of pyridine rings is 1. The predicted molar refractivity (Wildman–Crippen MR) is 48.4 cm³/mol. The van der Waals surface area contributed by atoms with Crippen molar-refractivity contribution in [2.24, 2.45) is 5.73 Å². The van der Waals surface area contributed by atoms with Crippen LogP contribution in [0.5, 0.6) is 0 Å². The molecular weight excluding hydrogens is 168 g/mol. The Morgan fingerprint density at radius 2 is 2.38 bits per heavy atom. The summed E-state index contributed by atoms with van der Waals surface area (Å²) in [5, 5.41) is 8.58.